The lowest BCUT2D eigenvalue weighted by Crippen LogP contribution is -2.38. The van der Waals surface area contributed by atoms with Crippen LogP contribution < -0.4 is 19.5 Å². The third kappa shape index (κ3) is 5.04. The highest BCUT2D eigenvalue weighted by atomic mass is 16.5. The molecule has 7 nitrogen and oxygen atoms in total. The number of nitrogens with zero attached hydrogens (tertiary/aromatic N) is 1. The maximum atomic E-state index is 12.7. The van der Waals surface area contributed by atoms with Crippen molar-refractivity contribution in [2.45, 2.75) is 6.42 Å². The summed E-state index contributed by atoms with van der Waals surface area (Å²) in [5.74, 6) is 1.94. The quantitative estimate of drug-likeness (QED) is 0.754. The van der Waals surface area contributed by atoms with Gasteiger partial charge < -0.3 is 24.3 Å². The summed E-state index contributed by atoms with van der Waals surface area (Å²) in [6, 6.07) is 13.2. The fraction of sp³-hybridized carbons (Fsp3) is 0.435. The first-order valence-electron chi connectivity index (χ1n) is 10.4. The second kappa shape index (κ2) is 9.82. The summed E-state index contributed by atoms with van der Waals surface area (Å²) in [7, 11) is 1.62. The van der Waals surface area contributed by atoms with Crippen LogP contribution in [0.25, 0.3) is 0 Å². The number of rotatable bonds is 7. The van der Waals surface area contributed by atoms with Crippen LogP contribution in [0.15, 0.2) is 42.5 Å². The van der Waals surface area contributed by atoms with Gasteiger partial charge in [0.15, 0.2) is 11.5 Å². The first-order valence-corrected chi connectivity index (χ1v) is 10.4. The van der Waals surface area contributed by atoms with Gasteiger partial charge in [-0.15, -0.1) is 0 Å². The number of carbonyl (C=O) groups excluding carboxylic acids is 1. The van der Waals surface area contributed by atoms with Crippen molar-refractivity contribution < 1.29 is 23.7 Å². The van der Waals surface area contributed by atoms with E-state index in [1.54, 1.807) is 7.11 Å². The zero-order valence-electron chi connectivity index (χ0n) is 17.3. The van der Waals surface area contributed by atoms with Gasteiger partial charge in [-0.05, 0) is 42.3 Å². The van der Waals surface area contributed by atoms with Crippen LogP contribution >= 0.6 is 0 Å². The minimum Gasteiger partial charge on any atom is -0.493 e. The van der Waals surface area contributed by atoms with Gasteiger partial charge in [-0.2, -0.15) is 0 Å². The summed E-state index contributed by atoms with van der Waals surface area (Å²) >= 11 is 0. The predicted octanol–water partition coefficient (Wildman–Crippen LogP) is 2.60. The third-order valence-electron chi connectivity index (χ3n) is 5.45. The number of methoxy groups -OCH3 is 1. The van der Waals surface area contributed by atoms with Gasteiger partial charge in [0.2, 0.25) is 5.91 Å². The molecule has 0 aliphatic carbocycles. The van der Waals surface area contributed by atoms with E-state index < -0.39 is 0 Å². The zero-order valence-corrected chi connectivity index (χ0v) is 17.3. The minimum absolute atomic E-state index is 0.0514. The standard InChI is InChI=1S/C23H28N2O5/c1-27-21-4-2-3-17-15-18(16-30-22(17)21)23(26)24-19-5-7-20(8-6-19)29-14-11-25-9-12-28-13-10-25/h2-8,18H,9-16H2,1H3,(H,24,26). The second-order valence-electron chi connectivity index (χ2n) is 7.48. The van der Waals surface area contributed by atoms with Crippen LogP contribution in [0, 0.1) is 5.92 Å². The van der Waals surface area contributed by atoms with E-state index in [0.29, 0.717) is 25.4 Å². The van der Waals surface area contributed by atoms with E-state index in [1.807, 2.05) is 42.5 Å². The van der Waals surface area contributed by atoms with E-state index in [0.717, 1.165) is 55.6 Å². The Kier molecular flexibility index (Phi) is 6.71. The van der Waals surface area contributed by atoms with Crippen molar-refractivity contribution in [2.75, 3.05) is 58.5 Å². The van der Waals surface area contributed by atoms with Crippen LogP contribution in [0.5, 0.6) is 17.2 Å². The lowest BCUT2D eigenvalue weighted by atomic mass is 9.95. The van der Waals surface area contributed by atoms with Crippen LogP contribution in [0.3, 0.4) is 0 Å². The molecule has 1 N–H and O–H groups in total. The van der Waals surface area contributed by atoms with Gasteiger partial charge in [-0.25, -0.2) is 0 Å². The number of carbonyl (C=O) groups is 1. The third-order valence-corrected chi connectivity index (χ3v) is 5.45. The molecule has 160 valence electrons. The smallest absolute Gasteiger partial charge is 0.231 e. The molecule has 2 aliphatic rings. The van der Waals surface area contributed by atoms with E-state index in [-0.39, 0.29) is 11.8 Å². The van der Waals surface area contributed by atoms with Crippen LogP contribution in [-0.4, -0.2) is 64.0 Å². The largest absolute Gasteiger partial charge is 0.493 e. The van der Waals surface area contributed by atoms with Gasteiger partial charge in [0.25, 0.3) is 0 Å². The van der Waals surface area contributed by atoms with E-state index in [1.165, 1.54) is 0 Å². The molecule has 30 heavy (non-hydrogen) atoms. The summed E-state index contributed by atoms with van der Waals surface area (Å²) in [4.78, 5) is 15.0. The Hall–Kier alpha value is -2.77. The van der Waals surface area contributed by atoms with Gasteiger partial charge in [0.1, 0.15) is 19.0 Å². The molecule has 0 aromatic heterocycles. The number of amides is 1. The monoisotopic (exact) mass is 412 g/mol. The number of para-hydroxylation sites is 1. The van der Waals surface area contributed by atoms with Crippen molar-refractivity contribution >= 4 is 11.6 Å². The van der Waals surface area contributed by atoms with E-state index >= 15 is 0 Å². The van der Waals surface area contributed by atoms with Crippen molar-refractivity contribution in [3.8, 4) is 17.2 Å². The number of fused-ring (bicyclic) bond motifs is 1. The molecule has 4 rings (SSSR count). The fourth-order valence-electron chi connectivity index (χ4n) is 3.72. The summed E-state index contributed by atoms with van der Waals surface area (Å²) in [6.07, 6.45) is 0.626. The highest BCUT2D eigenvalue weighted by molar-refractivity contribution is 5.93. The lowest BCUT2D eigenvalue weighted by molar-refractivity contribution is -0.121. The number of nitrogens with one attached hydrogen (secondary N) is 1. The van der Waals surface area contributed by atoms with E-state index in [4.69, 9.17) is 18.9 Å². The molecule has 1 fully saturated rings. The summed E-state index contributed by atoms with van der Waals surface area (Å²) < 4.78 is 22.3. The fourth-order valence-corrected chi connectivity index (χ4v) is 3.72. The normalized spacial score (nSPS) is 18.8. The minimum atomic E-state index is -0.242. The molecular weight excluding hydrogens is 384 g/mol. The van der Waals surface area contributed by atoms with Crippen LogP contribution in [-0.2, 0) is 16.0 Å². The van der Waals surface area contributed by atoms with E-state index in [9.17, 15) is 4.79 Å². The highest BCUT2D eigenvalue weighted by Crippen LogP contribution is 2.36. The molecule has 2 aromatic carbocycles. The maximum absolute atomic E-state index is 12.7. The molecule has 0 radical (unpaired) electrons. The number of morpholine rings is 1. The Morgan fingerprint density at radius 2 is 1.97 bits per heavy atom. The summed E-state index contributed by atoms with van der Waals surface area (Å²) in [5.41, 5.74) is 1.74. The zero-order chi connectivity index (χ0) is 20.8. The molecule has 2 heterocycles. The average Bonchev–Trinajstić information content (AvgIpc) is 2.80. The number of anilines is 1. The molecule has 2 aliphatic heterocycles. The highest BCUT2D eigenvalue weighted by Gasteiger charge is 2.27. The molecule has 1 atom stereocenters. The van der Waals surface area contributed by atoms with Crippen molar-refractivity contribution in [3.63, 3.8) is 0 Å². The average molecular weight is 412 g/mol. The topological polar surface area (TPSA) is 69.3 Å². The van der Waals surface area contributed by atoms with Crippen LogP contribution in [0.1, 0.15) is 5.56 Å². The SMILES string of the molecule is COc1cccc2c1OCC(C(=O)Nc1ccc(OCCN3CCOCC3)cc1)C2. The molecular formula is C23H28N2O5. The second-order valence-corrected chi connectivity index (χ2v) is 7.48. The van der Waals surface area contributed by atoms with Crippen molar-refractivity contribution in [1.82, 2.24) is 4.90 Å². The van der Waals surface area contributed by atoms with Crippen molar-refractivity contribution in [1.29, 1.82) is 0 Å². The molecule has 2 aromatic rings. The van der Waals surface area contributed by atoms with Crippen LogP contribution in [0.4, 0.5) is 5.69 Å². The van der Waals surface area contributed by atoms with Crippen molar-refractivity contribution in [3.05, 3.63) is 48.0 Å². The van der Waals surface area contributed by atoms with Gasteiger partial charge in [0.05, 0.1) is 26.2 Å². The van der Waals surface area contributed by atoms with Gasteiger partial charge in [-0.3, -0.25) is 9.69 Å². The number of benzene rings is 2. The van der Waals surface area contributed by atoms with Gasteiger partial charge >= 0.3 is 0 Å². The molecule has 7 heteroatoms. The van der Waals surface area contributed by atoms with Crippen LogP contribution in [0.2, 0.25) is 0 Å². The number of hydrogen-bond acceptors (Lipinski definition) is 6. The maximum Gasteiger partial charge on any atom is 0.231 e. The molecule has 1 unspecified atom stereocenters. The number of hydrogen-bond donors (Lipinski definition) is 1. The summed E-state index contributed by atoms with van der Waals surface area (Å²) in [5, 5.41) is 2.98. The van der Waals surface area contributed by atoms with Gasteiger partial charge in [-0.1, -0.05) is 12.1 Å². The molecule has 0 saturated carbocycles. The number of ether oxygens (including phenoxy) is 4. The molecule has 0 bridgehead atoms. The molecule has 1 amide bonds. The molecule has 1 saturated heterocycles. The Bertz CT molecular complexity index is 849. The van der Waals surface area contributed by atoms with E-state index in [2.05, 4.69) is 10.2 Å². The summed E-state index contributed by atoms with van der Waals surface area (Å²) in [6.45, 7) is 5.35. The first kappa shape index (κ1) is 20.5. The Morgan fingerprint density at radius 3 is 2.73 bits per heavy atom. The molecule has 0 spiro atoms. The lowest BCUT2D eigenvalue weighted by Gasteiger charge is -2.26. The van der Waals surface area contributed by atoms with Gasteiger partial charge in [0, 0.05) is 25.3 Å². The Morgan fingerprint density at radius 1 is 1.17 bits per heavy atom. The van der Waals surface area contributed by atoms with Crippen molar-refractivity contribution in [2.24, 2.45) is 5.92 Å². The Balaban J connectivity index is 1.26. The first-order chi connectivity index (χ1) is 14.7. The predicted molar refractivity (Wildman–Crippen MR) is 114 cm³/mol. The Labute approximate surface area is 176 Å².